The summed E-state index contributed by atoms with van der Waals surface area (Å²) in [6.07, 6.45) is 1.76. The summed E-state index contributed by atoms with van der Waals surface area (Å²) in [6, 6.07) is 9.73. The average Bonchev–Trinajstić information content (AvgIpc) is 2.34. The molecule has 17 heavy (non-hydrogen) atoms. The fourth-order valence-corrected chi connectivity index (χ4v) is 1.86. The molecular weight excluding hydrogens is 280 g/mol. The van der Waals surface area contributed by atoms with Crippen molar-refractivity contribution >= 4 is 27.4 Å². The maximum atomic E-state index is 5.17. The van der Waals surface area contributed by atoms with Crippen molar-refractivity contribution in [3.8, 4) is 5.75 Å². The minimum atomic E-state index is 0.806. The summed E-state index contributed by atoms with van der Waals surface area (Å²) < 4.78 is 6.11. The van der Waals surface area contributed by atoms with Gasteiger partial charge in [-0.15, -0.1) is 0 Å². The van der Waals surface area contributed by atoms with E-state index in [1.807, 2.05) is 37.3 Å². The molecule has 0 amide bonds. The van der Waals surface area contributed by atoms with Crippen LogP contribution in [0.15, 0.2) is 41.0 Å². The van der Waals surface area contributed by atoms with Crippen LogP contribution < -0.4 is 10.1 Å². The summed E-state index contributed by atoms with van der Waals surface area (Å²) in [5, 5.41) is 3.28. The van der Waals surface area contributed by atoms with Crippen molar-refractivity contribution in [2.75, 3.05) is 12.4 Å². The molecule has 0 aliphatic heterocycles. The van der Waals surface area contributed by atoms with Crippen molar-refractivity contribution in [2.45, 2.75) is 6.92 Å². The van der Waals surface area contributed by atoms with Gasteiger partial charge < -0.3 is 10.1 Å². The Kier molecular flexibility index (Phi) is 3.64. The number of benzene rings is 1. The van der Waals surface area contributed by atoms with Gasteiger partial charge >= 0.3 is 0 Å². The Morgan fingerprint density at radius 1 is 1.29 bits per heavy atom. The molecule has 88 valence electrons. The Balaban J connectivity index is 2.28. The van der Waals surface area contributed by atoms with Crippen LogP contribution in [0.25, 0.3) is 0 Å². The molecule has 0 atom stereocenters. The zero-order valence-electron chi connectivity index (χ0n) is 9.70. The van der Waals surface area contributed by atoms with Gasteiger partial charge in [-0.2, -0.15) is 0 Å². The Labute approximate surface area is 109 Å². The van der Waals surface area contributed by atoms with E-state index < -0.39 is 0 Å². The fourth-order valence-electron chi connectivity index (χ4n) is 1.51. The lowest BCUT2D eigenvalue weighted by Crippen LogP contribution is -1.96. The number of aromatic nitrogens is 1. The van der Waals surface area contributed by atoms with Gasteiger partial charge in [0.2, 0.25) is 0 Å². The molecule has 2 aromatic rings. The Hall–Kier alpha value is -1.55. The molecule has 0 bridgehead atoms. The van der Waals surface area contributed by atoms with Gasteiger partial charge in [0.05, 0.1) is 11.6 Å². The van der Waals surface area contributed by atoms with Crippen LogP contribution in [-0.2, 0) is 0 Å². The number of hydrogen-bond acceptors (Lipinski definition) is 3. The van der Waals surface area contributed by atoms with Crippen LogP contribution in [0.1, 0.15) is 5.56 Å². The molecule has 0 unspecified atom stereocenters. The number of nitrogens with one attached hydrogen (secondary N) is 1. The van der Waals surface area contributed by atoms with Crippen molar-refractivity contribution in [1.29, 1.82) is 0 Å². The van der Waals surface area contributed by atoms with Crippen molar-refractivity contribution in [2.24, 2.45) is 0 Å². The van der Waals surface area contributed by atoms with E-state index in [9.17, 15) is 0 Å². The highest BCUT2D eigenvalue weighted by Gasteiger charge is 2.04. The first-order valence-electron chi connectivity index (χ1n) is 5.23. The largest absolute Gasteiger partial charge is 0.497 e. The van der Waals surface area contributed by atoms with Crippen molar-refractivity contribution in [3.05, 3.63) is 46.6 Å². The molecule has 0 aliphatic carbocycles. The second-order valence-electron chi connectivity index (χ2n) is 3.64. The predicted molar refractivity (Wildman–Crippen MR) is 73.0 cm³/mol. The van der Waals surface area contributed by atoms with Crippen molar-refractivity contribution in [1.82, 2.24) is 4.98 Å². The summed E-state index contributed by atoms with van der Waals surface area (Å²) in [4.78, 5) is 4.27. The van der Waals surface area contributed by atoms with Gasteiger partial charge in [0.1, 0.15) is 11.6 Å². The van der Waals surface area contributed by atoms with E-state index in [4.69, 9.17) is 4.74 Å². The summed E-state index contributed by atoms with van der Waals surface area (Å²) in [5.74, 6) is 1.66. The highest BCUT2D eigenvalue weighted by molar-refractivity contribution is 9.10. The van der Waals surface area contributed by atoms with Crippen LogP contribution in [0.2, 0.25) is 0 Å². The number of hydrogen-bond donors (Lipinski definition) is 1. The van der Waals surface area contributed by atoms with Gasteiger partial charge in [-0.1, -0.05) is 0 Å². The second kappa shape index (κ2) is 5.19. The molecule has 0 saturated carbocycles. The van der Waals surface area contributed by atoms with Crippen molar-refractivity contribution in [3.63, 3.8) is 0 Å². The molecule has 0 saturated heterocycles. The molecule has 1 aromatic carbocycles. The van der Waals surface area contributed by atoms with Gasteiger partial charge in [0.15, 0.2) is 0 Å². The van der Waals surface area contributed by atoms with E-state index in [-0.39, 0.29) is 0 Å². The summed E-state index contributed by atoms with van der Waals surface area (Å²) in [6.45, 7) is 2.03. The first-order valence-corrected chi connectivity index (χ1v) is 6.02. The van der Waals surface area contributed by atoms with Crippen LogP contribution in [0.4, 0.5) is 11.5 Å². The third-order valence-corrected chi connectivity index (χ3v) is 3.09. The number of aryl methyl sites for hydroxylation is 1. The molecule has 0 radical (unpaired) electrons. The quantitative estimate of drug-likeness (QED) is 0.931. The first kappa shape index (κ1) is 11.9. The topological polar surface area (TPSA) is 34.1 Å². The fraction of sp³-hybridized carbons (Fsp3) is 0.154. The van der Waals surface area contributed by atoms with E-state index in [2.05, 4.69) is 26.2 Å². The summed E-state index contributed by atoms with van der Waals surface area (Å²) >= 11 is 3.46. The van der Waals surface area contributed by atoms with Gasteiger partial charge in [-0.3, -0.25) is 0 Å². The molecular formula is C13H13BrN2O. The molecule has 3 nitrogen and oxygen atoms in total. The molecule has 2 rings (SSSR count). The average molecular weight is 293 g/mol. The molecule has 1 aromatic heterocycles. The number of anilines is 2. The Morgan fingerprint density at radius 2 is 2.12 bits per heavy atom. The van der Waals surface area contributed by atoms with E-state index >= 15 is 0 Å². The smallest absolute Gasteiger partial charge is 0.144 e. The number of halogens is 1. The third-order valence-electron chi connectivity index (χ3n) is 2.45. The second-order valence-corrected chi connectivity index (χ2v) is 4.49. The molecule has 0 fully saturated rings. The van der Waals surface area contributed by atoms with Crippen LogP contribution in [0.5, 0.6) is 5.75 Å². The number of nitrogens with zero attached hydrogens (tertiary/aromatic N) is 1. The van der Waals surface area contributed by atoms with Crippen molar-refractivity contribution < 1.29 is 4.74 Å². The lowest BCUT2D eigenvalue weighted by atomic mass is 10.2. The first-order chi connectivity index (χ1) is 8.20. The molecule has 1 heterocycles. The zero-order valence-corrected chi connectivity index (χ0v) is 11.3. The summed E-state index contributed by atoms with van der Waals surface area (Å²) in [7, 11) is 1.66. The Bertz CT molecular complexity index is 529. The van der Waals surface area contributed by atoms with E-state index in [1.54, 1.807) is 13.3 Å². The predicted octanol–water partition coefficient (Wildman–Crippen LogP) is 3.90. The number of methoxy groups -OCH3 is 1. The van der Waals surface area contributed by atoms with Gasteiger partial charge in [-0.05, 0) is 58.7 Å². The van der Waals surface area contributed by atoms with Crippen LogP contribution in [0, 0.1) is 6.92 Å². The highest BCUT2D eigenvalue weighted by Crippen LogP contribution is 2.27. The molecule has 4 heteroatoms. The van der Waals surface area contributed by atoms with E-state index in [0.29, 0.717) is 0 Å². The normalized spacial score (nSPS) is 10.1. The van der Waals surface area contributed by atoms with Gasteiger partial charge in [0.25, 0.3) is 0 Å². The lowest BCUT2D eigenvalue weighted by Gasteiger charge is -2.11. The molecule has 0 spiro atoms. The van der Waals surface area contributed by atoms with Gasteiger partial charge in [-0.25, -0.2) is 4.98 Å². The highest BCUT2D eigenvalue weighted by atomic mass is 79.9. The zero-order chi connectivity index (χ0) is 12.3. The standard InChI is InChI=1S/C13H13BrN2O/c1-9-8-10(17-2)5-6-12(9)16-13-11(14)4-3-7-15-13/h3-8H,1-2H3,(H,15,16). The van der Waals surface area contributed by atoms with E-state index in [1.165, 1.54) is 0 Å². The van der Waals surface area contributed by atoms with Crippen LogP contribution in [-0.4, -0.2) is 12.1 Å². The monoisotopic (exact) mass is 292 g/mol. The minimum Gasteiger partial charge on any atom is -0.497 e. The van der Waals surface area contributed by atoms with E-state index in [0.717, 1.165) is 27.3 Å². The minimum absolute atomic E-state index is 0.806. The molecule has 0 aliphatic rings. The number of ether oxygens (including phenoxy) is 1. The maximum absolute atomic E-state index is 5.17. The van der Waals surface area contributed by atoms with Crippen LogP contribution in [0.3, 0.4) is 0 Å². The number of pyridine rings is 1. The van der Waals surface area contributed by atoms with Crippen LogP contribution >= 0.6 is 15.9 Å². The molecule has 1 N–H and O–H groups in total. The third kappa shape index (κ3) is 2.77. The SMILES string of the molecule is COc1ccc(Nc2ncccc2Br)c(C)c1. The lowest BCUT2D eigenvalue weighted by molar-refractivity contribution is 0.414. The summed E-state index contributed by atoms with van der Waals surface area (Å²) in [5.41, 5.74) is 2.13. The van der Waals surface area contributed by atoms with Gasteiger partial charge in [0, 0.05) is 11.9 Å². The Morgan fingerprint density at radius 3 is 2.76 bits per heavy atom. The number of rotatable bonds is 3. The maximum Gasteiger partial charge on any atom is 0.144 e.